The van der Waals surface area contributed by atoms with Crippen LogP contribution in [0.1, 0.15) is 11.1 Å². The van der Waals surface area contributed by atoms with Gasteiger partial charge in [-0.2, -0.15) is 5.26 Å². The topological polar surface area (TPSA) is 78.7 Å². The predicted molar refractivity (Wildman–Crippen MR) is 126 cm³/mol. The van der Waals surface area contributed by atoms with Crippen LogP contribution in [0, 0.1) is 11.3 Å². The van der Waals surface area contributed by atoms with Gasteiger partial charge in [0.05, 0.1) is 18.7 Å². The Kier molecular flexibility index (Phi) is 7.18. The number of piperazine rings is 1. The Hall–Kier alpha value is -3.89. The van der Waals surface area contributed by atoms with Crippen molar-refractivity contribution >= 4 is 11.8 Å². The molecular weight excluding hydrogens is 416 g/mol. The summed E-state index contributed by atoms with van der Waals surface area (Å²) < 4.78 is 10.3. The van der Waals surface area contributed by atoms with E-state index >= 15 is 0 Å². The Bertz CT molecular complexity index is 1120. The molecule has 0 aliphatic carbocycles. The van der Waals surface area contributed by atoms with Crippen molar-refractivity contribution in [3.63, 3.8) is 0 Å². The summed E-state index contributed by atoms with van der Waals surface area (Å²) in [4.78, 5) is 20.7. The number of hydrogen-bond acceptors (Lipinski definition) is 7. The van der Waals surface area contributed by atoms with Gasteiger partial charge in [-0.1, -0.05) is 24.3 Å². The number of hydrogen-bond donors (Lipinski definition) is 0. The number of esters is 1. The number of aromatic nitrogens is 1. The summed E-state index contributed by atoms with van der Waals surface area (Å²) in [6.45, 7) is 4.26. The smallest absolute Gasteiger partial charge is 0.343 e. The van der Waals surface area contributed by atoms with Crippen LogP contribution in [0.3, 0.4) is 0 Å². The van der Waals surface area contributed by atoms with E-state index in [1.807, 2.05) is 66.9 Å². The van der Waals surface area contributed by atoms with Crippen molar-refractivity contribution in [2.24, 2.45) is 0 Å². The third kappa shape index (κ3) is 5.68. The molecule has 0 unspecified atom stereocenters. The average molecular weight is 443 g/mol. The fraction of sp³-hybridized carbons (Fsp3) is 0.269. The van der Waals surface area contributed by atoms with Crippen molar-refractivity contribution in [1.82, 2.24) is 9.88 Å². The van der Waals surface area contributed by atoms with Crippen LogP contribution in [0.5, 0.6) is 5.75 Å². The molecule has 0 bridgehead atoms. The molecule has 7 nitrogen and oxygen atoms in total. The zero-order chi connectivity index (χ0) is 23.0. The van der Waals surface area contributed by atoms with Gasteiger partial charge in [-0.15, -0.1) is 0 Å². The van der Waals surface area contributed by atoms with E-state index in [0.717, 1.165) is 55.2 Å². The highest BCUT2D eigenvalue weighted by atomic mass is 16.6. The highest BCUT2D eigenvalue weighted by Crippen LogP contribution is 2.29. The van der Waals surface area contributed by atoms with Gasteiger partial charge in [-0.25, -0.2) is 9.78 Å². The minimum atomic E-state index is -0.418. The first-order valence-corrected chi connectivity index (χ1v) is 10.9. The lowest BCUT2D eigenvalue weighted by Gasteiger charge is -2.35. The Morgan fingerprint density at radius 2 is 1.85 bits per heavy atom. The first-order valence-electron chi connectivity index (χ1n) is 10.9. The molecule has 0 radical (unpaired) electrons. The first-order chi connectivity index (χ1) is 16.2. The van der Waals surface area contributed by atoms with E-state index in [0.29, 0.717) is 11.3 Å². The summed E-state index contributed by atoms with van der Waals surface area (Å²) >= 11 is 0. The van der Waals surface area contributed by atoms with Crippen LogP contribution < -0.4 is 9.64 Å². The monoisotopic (exact) mass is 442 g/mol. The summed E-state index contributed by atoms with van der Waals surface area (Å²) in [5.41, 5.74) is 3.85. The highest BCUT2D eigenvalue weighted by Gasteiger charge is 2.19. The maximum absolute atomic E-state index is 11.5. The van der Waals surface area contributed by atoms with Crippen molar-refractivity contribution in [2.45, 2.75) is 6.54 Å². The molecule has 3 aromatic rings. The molecule has 1 aromatic heterocycles. The molecule has 1 aliphatic heterocycles. The second-order valence-electron chi connectivity index (χ2n) is 7.82. The molecule has 0 amide bonds. The second kappa shape index (κ2) is 10.6. The van der Waals surface area contributed by atoms with Crippen LogP contribution in [-0.2, 0) is 16.1 Å². The highest BCUT2D eigenvalue weighted by molar-refractivity contribution is 5.71. The molecule has 1 saturated heterocycles. The number of rotatable bonds is 7. The van der Waals surface area contributed by atoms with Gasteiger partial charge in [0.2, 0.25) is 0 Å². The Balaban J connectivity index is 1.52. The lowest BCUT2D eigenvalue weighted by Crippen LogP contribution is -2.46. The summed E-state index contributed by atoms with van der Waals surface area (Å²) in [5.74, 6) is 1.21. The number of pyridine rings is 1. The number of anilines is 1. The van der Waals surface area contributed by atoms with Gasteiger partial charge >= 0.3 is 5.97 Å². The lowest BCUT2D eigenvalue weighted by molar-refractivity contribution is -0.142. The predicted octanol–water partition coefficient (Wildman–Crippen LogP) is 3.49. The number of ether oxygens (including phenoxy) is 2. The maximum atomic E-state index is 11.5. The largest absolute Gasteiger partial charge is 0.482 e. The Morgan fingerprint density at radius 3 is 2.52 bits per heavy atom. The third-order valence-electron chi connectivity index (χ3n) is 5.73. The molecule has 1 aliphatic rings. The van der Waals surface area contributed by atoms with Crippen LogP contribution in [0.15, 0.2) is 66.9 Å². The van der Waals surface area contributed by atoms with Crippen molar-refractivity contribution in [3.05, 3.63) is 78.0 Å². The van der Waals surface area contributed by atoms with Gasteiger partial charge in [0.1, 0.15) is 11.6 Å². The molecule has 7 heteroatoms. The summed E-state index contributed by atoms with van der Waals surface area (Å²) in [6.07, 6.45) is 1.82. The fourth-order valence-corrected chi connectivity index (χ4v) is 3.91. The Labute approximate surface area is 193 Å². The number of nitriles is 1. The molecule has 1 fully saturated rings. The number of benzene rings is 2. The molecule has 0 atom stereocenters. The van der Waals surface area contributed by atoms with E-state index in [-0.39, 0.29) is 6.61 Å². The van der Waals surface area contributed by atoms with E-state index in [1.165, 1.54) is 7.11 Å². The van der Waals surface area contributed by atoms with Crippen LogP contribution in [0.2, 0.25) is 0 Å². The summed E-state index contributed by atoms with van der Waals surface area (Å²) in [6, 6.07) is 21.6. The van der Waals surface area contributed by atoms with E-state index in [9.17, 15) is 4.79 Å². The molecule has 2 heterocycles. The average Bonchev–Trinajstić information content (AvgIpc) is 2.88. The van der Waals surface area contributed by atoms with Crippen LogP contribution >= 0.6 is 0 Å². The zero-order valence-electron chi connectivity index (χ0n) is 18.6. The van der Waals surface area contributed by atoms with E-state index in [4.69, 9.17) is 10.00 Å². The van der Waals surface area contributed by atoms with Crippen LogP contribution in [-0.4, -0.2) is 55.7 Å². The van der Waals surface area contributed by atoms with Crippen molar-refractivity contribution in [3.8, 4) is 22.9 Å². The van der Waals surface area contributed by atoms with Gasteiger partial charge in [0.25, 0.3) is 0 Å². The van der Waals surface area contributed by atoms with Crippen LogP contribution in [0.4, 0.5) is 5.82 Å². The number of methoxy groups -OCH3 is 1. The lowest BCUT2D eigenvalue weighted by atomic mass is 9.98. The van der Waals surface area contributed by atoms with Crippen molar-refractivity contribution in [1.29, 1.82) is 5.26 Å². The van der Waals surface area contributed by atoms with Gasteiger partial charge in [0.15, 0.2) is 6.61 Å². The molecular formula is C26H26N4O3. The number of nitrogens with zero attached hydrogens (tertiary/aromatic N) is 4. The molecule has 0 spiro atoms. The van der Waals surface area contributed by atoms with E-state index in [2.05, 4.69) is 25.6 Å². The van der Waals surface area contributed by atoms with E-state index < -0.39 is 5.97 Å². The quantitative estimate of drug-likeness (QED) is 0.518. The van der Waals surface area contributed by atoms with Gasteiger partial charge in [0, 0.05) is 38.9 Å². The van der Waals surface area contributed by atoms with Crippen molar-refractivity contribution < 1.29 is 14.3 Å². The summed E-state index contributed by atoms with van der Waals surface area (Å²) in [5, 5.41) is 9.11. The number of carbonyl (C=O) groups excluding carboxylic acids is 1. The second-order valence-corrected chi connectivity index (χ2v) is 7.82. The molecule has 0 N–H and O–H groups in total. The Morgan fingerprint density at radius 1 is 1.06 bits per heavy atom. The minimum Gasteiger partial charge on any atom is -0.482 e. The minimum absolute atomic E-state index is 0.130. The molecule has 0 saturated carbocycles. The SMILES string of the molecule is COC(=O)COc1ccc(-c2ccc(C#N)cc2)c(CN2CCN(c3ccccn3)CC2)c1. The number of carbonyl (C=O) groups is 1. The standard InChI is InChI=1S/C26H26N4O3/c1-32-26(31)19-33-23-9-10-24(21-7-5-20(17-27)6-8-21)22(16-23)18-29-12-14-30(15-13-29)25-4-2-3-11-28-25/h2-11,16H,12-15,18-19H2,1H3. The molecule has 168 valence electrons. The third-order valence-corrected chi connectivity index (χ3v) is 5.73. The maximum Gasteiger partial charge on any atom is 0.343 e. The van der Waals surface area contributed by atoms with Crippen LogP contribution in [0.25, 0.3) is 11.1 Å². The van der Waals surface area contributed by atoms with Crippen molar-refractivity contribution in [2.75, 3.05) is 44.8 Å². The summed E-state index contributed by atoms with van der Waals surface area (Å²) in [7, 11) is 1.34. The fourth-order valence-electron chi connectivity index (χ4n) is 3.91. The van der Waals surface area contributed by atoms with Gasteiger partial charge < -0.3 is 14.4 Å². The van der Waals surface area contributed by atoms with Gasteiger partial charge in [-0.05, 0) is 53.1 Å². The molecule has 4 rings (SSSR count). The molecule has 33 heavy (non-hydrogen) atoms. The zero-order valence-corrected chi connectivity index (χ0v) is 18.6. The first kappa shape index (κ1) is 22.3. The molecule has 2 aromatic carbocycles. The normalized spacial score (nSPS) is 13.9. The van der Waals surface area contributed by atoms with Gasteiger partial charge in [-0.3, -0.25) is 4.90 Å². The van der Waals surface area contributed by atoms with E-state index in [1.54, 1.807) is 0 Å².